The lowest BCUT2D eigenvalue weighted by Gasteiger charge is -2.05. The first kappa shape index (κ1) is 16.8. The molecule has 0 bridgehead atoms. The Bertz CT molecular complexity index is 1250. The number of amides is 1. The molecule has 0 saturated heterocycles. The van der Waals surface area contributed by atoms with Crippen molar-refractivity contribution in [1.29, 1.82) is 0 Å². The minimum Gasteiger partial charge on any atom is -0.456 e. The van der Waals surface area contributed by atoms with E-state index in [1.54, 1.807) is 10.6 Å². The average Bonchev–Trinajstić information content (AvgIpc) is 3.08. The summed E-state index contributed by atoms with van der Waals surface area (Å²) in [5.41, 5.74) is 1.95. The van der Waals surface area contributed by atoms with Crippen molar-refractivity contribution >= 4 is 33.5 Å². The maximum Gasteiger partial charge on any atom is 0.346 e. The number of nitrogens with one attached hydrogen (secondary N) is 1. The number of anilines is 1. The molecule has 5 rings (SSSR count). The monoisotopic (exact) mass is 376 g/mol. The molecule has 0 atom stereocenters. The Hall–Kier alpha value is -3.35. The number of benzene rings is 2. The van der Waals surface area contributed by atoms with Gasteiger partial charge in [-0.25, -0.2) is 9.48 Å². The number of carbonyl (C=O) groups excluding carboxylic acids is 1. The summed E-state index contributed by atoms with van der Waals surface area (Å²) in [6.45, 7) is 0.579. The van der Waals surface area contributed by atoms with Crippen LogP contribution in [0.15, 0.2) is 51.7 Å². The number of carbonyl (C=O) groups is 1. The molecule has 3 heterocycles. The van der Waals surface area contributed by atoms with Gasteiger partial charge in [-0.2, -0.15) is 5.10 Å². The highest BCUT2D eigenvalue weighted by Gasteiger charge is 2.17. The summed E-state index contributed by atoms with van der Waals surface area (Å²) in [4.78, 5) is 25.0. The molecular weight excluding hydrogens is 356 g/mol. The second-order valence-corrected chi connectivity index (χ2v) is 7.18. The molecule has 142 valence electrons. The van der Waals surface area contributed by atoms with Crippen molar-refractivity contribution in [2.75, 3.05) is 5.32 Å². The van der Waals surface area contributed by atoms with E-state index in [0.29, 0.717) is 17.8 Å². The van der Waals surface area contributed by atoms with E-state index in [4.69, 9.17) is 4.42 Å². The molecule has 2 aromatic carbocycles. The molecule has 2 aromatic heterocycles. The molecule has 0 saturated carbocycles. The first-order chi connectivity index (χ1) is 13.7. The van der Waals surface area contributed by atoms with E-state index in [9.17, 15) is 9.59 Å². The van der Waals surface area contributed by atoms with Gasteiger partial charge in [-0.3, -0.25) is 9.36 Å². The van der Waals surface area contributed by atoms with Crippen LogP contribution in [0, 0.1) is 0 Å². The Morgan fingerprint density at radius 3 is 2.86 bits per heavy atom. The normalized spacial score (nSPS) is 14.1. The summed E-state index contributed by atoms with van der Waals surface area (Å²) in [7, 11) is 0. The van der Waals surface area contributed by atoms with Gasteiger partial charge < -0.3 is 9.73 Å². The zero-order valence-electron chi connectivity index (χ0n) is 15.4. The fourth-order valence-electron chi connectivity index (χ4n) is 3.87. The van der Waals surface area contributed by atoms with Crippen LogP contribution in [0.2, 0.25) is 0 Å². The molecule has 1 aliphatic rings. The van der Waals surface area contributed by atoms with Gasteiger partial charge in [0.05, 0.1) is 0 Å². The van der Waals surface area contributed by atoms with Gasteiger partial charge in [-0.1, -0.05) is 24.6 Å². The fourth-order valence-corrected chi connectivity index (χ4v) is 3.87. The molecular formula is C21H20N4O3. The van der Waals surface area contributed by atoms with Gasteiger partial charge in [-0.15, -0.1) is 0 Å². The number of para-hydroxylation sites is 1. The van der Waals surface area contributed by atoms with Crippen molar-refractivity contribution in [2.24, 2.45) is 0 Å². The van der Waals surface area contributed by atoms with Gasteiger partial charge in [0.1, 0.15) is 23.5 Å². The molecule has 7 nitrogen and oxygen atoms in total. The van der Waals surface area contributed by atoms with E-state index in [2.05, 4.69) is 10.4 Å². The maximum absolute atomic E-state index is 12.5. The molecule has 1 N–H and O–H groups in total. The molecule has 1 amide bonds. The van der Waals surface area contributed by atoms with Crippen molar-refractivity contribution in [3.8, 4) is 0 Å². The molecule has 0 unspecified atom stereocenters. The summed E-state index contributed by atoms with van der Waals surface area (Å²) >= 11 is 0. The van der Waals surface area contributed by atoms with Crippen LogP contribution in [-0.4, -0.2) is 20.3 Å². The van der Waals surface area contributed by atoms with Crippen molar-refractivity contribution in [3.05, 3.63) is 58.8 Å². The van der Waals surface area contributed by atoms with Gasteiger partial charge in [0.2, 0.25) is 5.91 Å². The number of hydrogen-bond donors (Lipinski definition) is 1. The second-order valence-electron chi connectivity index (χ2n) is 7.18. The van der Waals surface area contributed by atoms with Crippen molar-refractivity contribution < 1.29 is 9.21 Å². The molecule has 0 radical (unpaired) electrons. The molecule has 7 heteroatoms. The van der Waals surface area contributed by atoms with Crippen LogP contribution >= 0.6 is 0 Å². The smallest absolute Gasteiger partial charge is 0.346 e. The lowest BCUT2D eigenvalue weighted by atomic mass is 10.1. The van der Waals surface area contributed by atoms with Crippen LogP contribution in [-0.2, 0) is 24.3 Å². The number of nitrogens with zero attached hydrogens (tertiary/aromatic N) is 3. The predicted molar refractivity (Wildman–Crippen MR) is 106 cm³/mol. The minimum atomic E-state index is -0.286. The SMILES string of the molecule is O=C(Cn1nc2n(c1=O)CCCCC2)Nc1ccc2c(c1)oc1ccccc12. The van der Waals surface area contributed by atoms with E-state index >= 15 is 0 Å². The van der Waals surface area contributed by atoms with Gasteiger partial charge in [0.25, 0.3) is 0 Å². The van der Waals surface area contributed by atoms with Crippen LogP contribution in [0.1, 0.15) is 25.1 Å². The summed E-state index contributed by atoms with van der Waals surface area (Å²) in [5, 5.41) is 9.24. The van der Waals surface area contributed by atoms with Gasteiger partial charge >= 0.3 is 5.69 Å². The van der Waals surface area contributed by atoms with E-state index in [1.165, 1.54) is 4.68 Å². The highest BCUT2D eigenvalue weighted by molar-refractivity contribution is 6.06. The van der Waals surface area contributed by atoms with Crippen LogP contribution < -0.4 is 11.0 Å². The van der Waals surface area contributed by atoms with Crippen LogP contribution in [0.3, 0.4) is 0 Å². The van der Waals surface area contributed by atoms with Crippen LogP contribution in [0.5, 0.6) is 0 Å². The number of hydrogen-bond acceptors (Lipinski definition) is 4. The summed E-state index contributed by atoms with van der Waals surface area (Å²) in [5.74, 6) is 0.491. The maximum atomic E-state index is 12.5. The largest absolute Gasteiger partial charge is 0.456 e. The Balaban J connectivity index is 1.37. The molecule has 0 aliphatic carbocycles. The van der Waals surface area contributed by atoms with Crippen LogP contribution in [0.25, 0.3) is 21.9 Å². The van der Waals surface area contributed by atoms with E-state index < -0.39 is 0 Å². The van der Waals surface area contributed by atoms with Crippen molar-refractivity contribution in [1.82, 2.24) is 14.3 Å². The van der Waals surface area contributed by atoms with Gasteiger partial charge in [0.15, 0.2) is 0 Å². The van der Waals surface area contributed by atoms with Crippen LogP contribution in [0.4, 0.5) is 5.69 Å². The number of rotatable bonds is 3. The fraction of sp³-hybridized carbons (Fsp3) is 0.286. The quantitative estimate of drug-likeness (QED) is 0.595. The molecule has 0 fully saturated rings. The van der Waals surface area contributed by atoms with E-state index in [1.807, 2.05) is 36.4 Å². The third kappa shape index (κ3) is 2.89. The highest BCUT2D eigenvalue weighted by atomic mass is 16.3. The average molecular weight is 376 g/mol. The van der Waals surface area contributed by atoms with E-state index in [-0.39, 0.29) is 18.1 Å². The Kier molecular flexibility index (Phi) is 4.00. The second kappa shape index (κ2) is 6.67. The first-order valence-electron chi connectivity index (χ1n) is 9.57. The van der Waals surface area contributed by atoms with Gasteiger partial charge in [0, 0.05) is 35.5 Å². The number of aryl methyl sites for hydroxylation is 1. The number of fused-ring (bicyclic) bond motifs is 4. The Morgan fingerprint density at radius 1 is 1.07 bits per heavy atom. The Morgan fingerprint density at radius 2 is 1.93 bits per heavy atom. The zero-order valence-corrected chi connectivity index (χ0v) is 15.4. The highest BCUT2D eigenvalue weighted by Crippen LogP contribution is 2.30. The molecule has 1 aliphatic heterocycles. The van der Waals surface area contributed by atoms with E-state index in [0.717, 1.165) is 47.9 Å². The lowest BCUT2D eigenvalue weighted by molar-refractivity contribution is -0.117. The minimum absolute atomic E-state index is 0.100. The van der Waals surface area contributed by atoms with Gasteiger partial charge in [-0.05, 0) is 31.0 Å². The molecule has 0 spiro atoms. The predicted octanol–water partition coefficient (Wildman–Crippen LogP) is 3.31. The standard InChI is InChI=1S/C21H20N4O3/c26-20(13-25-21(27)24-11-5-1-2-8-19(24)23-25)22-14-9-10-16-15-6-3-4-7-17(15)28-18(16)12-14/h3-4,6-7,9-10,12H,1-2,5,8,11,13H2,(H,22,26). The lowest BCUT2D eigenvalue weighted by Crippen LogP contribution is -2.30. The zero-order chi connectivity index (χ0) is 19.1. The summed E-state index contributed by atoms with van der Waals surface area (Å²) in [6.07, 6.45) is 3.89. The topological polar surface area (TPSA) is 82.1 Å². The Labute approximate surface area is 160 Å². The van der Waals surface area contributed by atoms with Crippen molar-refractivity contribution in [2.45, 2.75) is 38.8 Å². The third-order valence-electron chi connectivity index (χ3n) is 5.24. The summed E-state index contributed by atoms with van der Waals surface area (Å²) < 4.78 is 8.81. The van der Waals surface area contributed by atoms with Crippen molar-refractivity contribution in [3.63, 3.8) is 0 Å². The number of furan rings is 1. The molecule has 4 aromatic rings. The molecule has 28 heavy (non-hydrogen) atoms. The third-order valence-corrected chi connectivity index (χ3v) is 5.24. The first-order valence-corrected chi connectivity index (χ1v) is 9.57. The summed E-state index contributed by atoms with van der Waals surface area (Å²) in [6, 6.07) is 13.4. The number of aromatic nitrogens is 3.